The molecule has 2 aromatic carbocycles. The molecule has 0 aliphatic carbocycles. The number of carbonyl (C=O) groups is 4. The quantitative estimate of drug-likeness (QED) is 0.362. The molecule has 0 bridgehead atoms. The number of esters is 1. The van der Waals surface area contributed by atoms with Gasteiger partial charge in [-0.1, -0.05) is 24.3 Å². The van der Waals surface area contributed by atoms with Crippen LogP contribution in [-0.4, -0.2) is 45.6 Å². The highest BCUT2D eigenvalue weighted by Crippen LogP contribution is 2.33. The van der Waals surface area contributed by atoms with Gasteiger partial charge in [-0.25, -0.2) is 4.79 Å². The Morgan fingerprint density at radius 3 is 2.50 bits per heavy atom. The molecule has 1 saturated heterocycles. The summed E-state index contributed by atoms with van der Waals surface area (Å²) in [5.41, 5.74) is 4.29. The van der Waals surface area contributed by atoms with Crippen molar-refractivity contribution >= 4 is 46.5 Å². The van der Waals surface area contributed by atoms with Gasteiger partial charge in [-0.2, -0.15) is 0 Å². The number of ether oxygens (including phenoxy) is 1. The van der Waals surface area contributed by atoms with E-state index in [2.05, 4.69) is 5.32 Å². The van der Waals surface area contributed by atoms with Crippen LogP contribution in [0.25, 0.3) is 11.8 Å². The Balaban J connectivity index is 1.55. The van der Waals surface area contributed by atoms with Crippen LogP contribution in [0.2, 0.25) is 0 Å². The maximum absolute atomic E-state index is 12.9. The van der Waals surface area contributed by atoms with Gasteiger partial charge in [-0.3, -0.25) is 19.3 Å². The summed E-state index contributed by atoms with van der Waals surface area (Å²) < 4.78 is 7.07. The lowest BCUT2D eigenvalue weighted by atomic mass is 10.2. The van der Waals surface area contributed by atoms with E-state index >= 15 is 0 Å². The molecule has 9 heteroatoms. The van der Waals surface area contributed by atoms with E-state index in [1.807, 2.05) is 36.6 Å². The van der Waals surface area contributed by atoms with Gasteiger partial charge in [-0.05, 0) is 80.6 Å². The maximum Gasteiger partial charge on any atom is 0.338 e. The number of nitrogens with one attached hydrogen (secondary N) is 1. The van der Waals surface area contributed by atoms with E-state index in [0.717, 1.165) is 39.3 Å². The lowest BCUT2D eigenvalue weighted by molar-refractivity contribution is -0.127. The van der Waals surface area contributed by atoms with Crippen molar-refractivity contribution in [2.75, 3.05) is 18.5 Å². The van der Waals surface area contributed by atoms with Crippen LogP contribution in [0.3, 0.4) is 0 Å². The van der Waals surface area contributed by atoms with Crippen LogP contribution in [0.15, 0.2) is 65.6 Å². The number of amides is 3. The molecule has 184 valence electrons. The molecule has 0 unspecified atom stereocenters. The lowest BCUT2D eigenvalue weighted by Gasteiger charge is -2.12. The number of nitrogens with zero attached hydrogens (tertiary/aromatic N) is 2. The first kappa shape index (κ1) is 25.0. The Morgan fingerprint density at radius 2 is 1.78 bits per heavy atom. The standard InChI is InChI=1S/C27H25N3O5S/c1-4-35-26(33)19-9-8-12-22(14-19)30-17(2)13-20(18(30)3)15-23-25(32)29(27(34)36-23)16-24(31)28-21-10-6-5-7-11-21/h5-15H,4,16H2,1-3H3,(H,28,31)/b23-15-. The van der Waals surface area contributed by atoms with E-state index in [-0.39, 0.29) is 18.1 Å². The molecule has 0 saturated carbocycles. The van der Waals surface area contributed by atoms with Crippen molar-refractivity contribution in [1.29, 1.82) is 0 Å². The highest BCUT2D eigenvalue weighted by molar-refractivity contribution is 8.18. The summed E-state index contributed by atoms with van der Waals surface area (Å²) in [6.07, 6.45) is 1.66. The summed E-state index contributed by atoms with van der Waals surface area (Å²) in [4.78, 5) is 51.2. The molecular formula is C27H25N3O5S. The number of para-hydroxylation sites is 1. The second kappa shape index (κ2) is 10.7. The summed E-state index contributed by atoms with van der Waals surface area (Å²) in [5.74, 6) is -1.36. The molecule has 1 aromatic heterocycles. The molecule has 3 amide bonds. The third kappa shape index (κ3) is 5.26. The van der Waals surface area contributed by atoms with Gasteiger partial charge in [-0.15, -0.1) is 0 Å². The maximum atomic E-state index is 12.9. The zero-order valence-electron chi connectivity index (χ0n) is 20.1. The number of hydrogen-bond donors (Lipinski definition) is 1. The van der Waals surface area contributed by atoms with Gasteiger partial charge in [0.2, 0.25) is 5.91 Å². The number of thioether (sulfide) groups is 1. The second-order valence-electron chi connectivity index (χ2n) is 8.11. The topological polar surface area (TPSA) is 97.7 Å². The van der Waals surface area contributed by atoms with Gasteiger partial charge in [0.05, 0.1) is 17.1 Å². The van der Waals surface area contributed by atoms with E-state index in [0.29, 0.717) is 11.3 Å². The van der Waals surface area contributed by atoms with Crippen LogP contribution >= 0.6 is 11.8 Å². The fraction of sp³-hybridized carbons (Fsp3) is 0.185. The van der Waals surface area contributed by atoms with Gasteiger partial charge >= 0.3 is 5.97 Å². The molecule has 8 nitrogen and oxygen atoms in total. The van der Waals surface area contributed by atoms with E-state index in [4.69, 9.17) is 4.74 Å². The van der Waals surface area contributed by atoms with Crippen molar-refractivity contribution in [3.63, 3.8) is 0 Å². The van der Waals surface area contributed by atoms with Crippen LogP contribution in [0.5, 0.6) is 0 Å². The van der Waals surface area contributed by atoms with E-state index in [1.54, 1.807) is 55.5 Å². The number of carbonyl (C=O) groups excluding carboxylic acids is 4. The van der Waals surface area contributed by atoms with E-state index in [9.17, 15) is 19.2 Å². The molecule has 2 heterocycles. The first-order valence-corrected chi connectivity index (χ1v) is 12.2. The minimum Gasteiger partial charge on any atom is -0.462 e. The molecule has 4 rings (SSSR count). The molecule has 36 heavy (non-hydrogen) atoms. The fourth-order valence-corrected chi connectivity index (χ4v) is 4.79. The molecular weight excluding hydrogens is 478 g/mol. The average molecular weight is 504 g/mol. The Morgan fingerprint density at radius 1 is 1.03 bits per heavy atom. The Kier molecular flexibility index (Phi) is 7.40. The number of aryl methyl sites for hydroxylation is 1. The smallest absolute Gasteiger partial charge is 0.338 e. The van der Waals surface area contributed by atoms with Crippen LogP contribution in [0.1, 0.15) is 34.2 Å². The highest BCUT2D eigenvalue weighted by Gasteiger charge is 2.36. The Bertz CT molecular complexity index is 1380. The molecule has 1 aliphatic heterocycles. The first-order chi connectivity index (χ1) is 17.3. The minimum atomic E-state index is -0.512. The van der Waals surface area contributed by atoms with Gasteiger partial charge in [0, 0.05) is 22.8 Å². The van der Waals surface area contributed by atoms with Crippen molar-refractivity contribution in [3.8, 4) is 5.69 Å². The van der Waals surface area contributed by atoms with E-state index < -0.39 is 23.0 Å². The van der Waals surface area contributed by atoms with Crippen molar-refractivity contribution in [1.82, 2.24) is 9.47 Å². The minimum absolute atomic E-state index is 0.244. The molecule has 1 fully saturated rings. The number of hydrogen-bond acceptors (Lipinski definition) is 6. The summed E-state index contributed by atoms with van der Waals surface area (Å²) >= 11 is 0.804. The summed E-state index contributed by atoms with van der Waals surface area (Å²) in [7, 11) is 0. The summed E-state index contributed by atoms with van der Waals surface area (Å²) in [6, 6.07) is 17.9. The Labute approximate surface area is 212 Å². The van der Waals surface area contributed by atoms with Crippen molar-refractivity contribution < 1.29 is 23.9 Å². The molecule has 0 atom stereocenters. The zero-order valence-corrected chi connectivity index (χ0v) is 20.9. The first-order valence-electron chi connectivity index (χ1n) is 11.3. The Hall–Kier alpha value is -4.11. The molecule has 0 radical (unpaired) electrons. The third-order valence-electron chi connectivity index (χ3n) is 5.61. The monoisotopic (exact) mass is 503 g/mol. The number of imide groups is 1. The van der Waals surface area contributed by atoms with Crippen LogP contribution < -0.4 is 5.32 Å². The predicted molar refractivity (Wildman–Crippen MR) is 139 cm³/mol. The average Bonchev–Trinajstić information content (AvgIpc) is 3.28. The highest BCUT2D eigenvalue weighted by atomic mass is 32.2. The van der Waals surface area contributed by atoms with Gasteiger partial charge in [0.1, 0.15) is 6.54 Å². The fourth-order valence-electron chi connectivity index (χ4n) is 3.96. The van der Waals surface area contributed by atoms with E-state index in [1.165, 1.54) is 0 Å². The number of anilines is 1. The second-order valence-corrected chi connectivity index (χ2v) is 9.11. The predicted octanol–water partition coefficient (Wildman–Crippen LogP) is 4.95. The van der Waals surface area contributed by atoms with Crippen molar-refractivity contribution in [3.05, 3.63) is 88.1 Å². The SMILES string of the molecule is CCOC(=O)c1cccc(-n2c(C)cc(/C=C3\SC(=O)N(CC(=O)Nc4ccccc4)C3=O)c2C)c1. The van der Waals surface area contributed by atoms with Crippen molar-refractivity contribution in [2.45, 2.75) is 20.8 Å². The van der Waals surface area contributed by atoms with Gasteiger partial charge in [0.15, 0.2) is 0 Å². The van der Waals surface area contributed by atoms with Crippen LogP contribution in [0.4, 0.5) is 10.5 Å². The number of aromatic nitrogens is 1. The summed E-state index contributed by atoms with van der Waals surface area (Å²) in [5, 5.41) is 2.19. The largest absolute Gasteiger partial charge is 0.462 e. The number of benzene rings is 2. The molecule has 0 spiro atoms. The van der Waals surface area contributed by atoms with Crippen LogP contribution in [-0.2, 0) is 14.3 Å². The normalized spacial score (nSPS) is 14.4. The van der Waals surface area contributed by atoms with Gasteiger partial charge < -0.3 is 14.6 Å². The van der Waals surface area contributed by atoms with Gasteiger partial charge in [0.25, 0.3) is 11.1 Å². The molecule has 1 aliphatic rings. The summed E-state index contributed by atoms with van der Waals surface area (Å²) in [6.45, 7) is 5.49. The molecule has 1 N–H and O–H groups in total. The zero-order chi connectivity index (χ0) is 25.8. The van der Waals surface area contributed by atoms with Crippen molar-refractivity contribution in [2.24, 2.45) is 0 Å². The third-order valence-corrected chi connectivity index (χ3v) is 6.51. The number of rotatable bonds is 7. The lowest BCUT2D eigenvalue weighted by Crippen LogP contribution is -2.36. The molecule has 3 aromatic rings. The van der Waals surface area contributed by atoms with Crippen LogP contribution in [0, 0.1) is 13.8 Å².